The van der Waals surface area contributed by atoms with E-state index < -0.39 is 17.8 Å². The number of nitrogens with two attached hydrogens (primary N) is 1. The van der Waals surface area contributed by atoms with Crippen molar-refractivity contribution in [3.63, 3.8) is 0 Å². The van der Waals surface area contributed by atoms with Gasteiger partial charge < -0.3 is 15.8 Å². The third-order valence-electron chi connectivity index (χ3n) is 5.67. The van der Waals surface area contributed by atoms with Crippen LogP contribution < -0.4 is 21.1 Å². The second kappa shape index (κ2) is 10.5. The molecule has 3 amide bonds. The molecule has 0 atom stereocenters. The van der Waals surface area contributed by atoms with E-state index >= 15 is 0 Å². The van der Waals surface area contributed by atoms with Crippen LogP contribution >= 0.6 is 0 Å². The fourth-order valence-electron chi connectivity index (χ4n) is 3.73. The van der Waals surface area contributed by atoms with Crippen molar-refractivity contribution in [3.05, 3.63) is 90.4 Å². The van der Waals surface area contributed by atoms with Crippen LogP contribution in [0.15, 0.2) is 73.2 Å². The molecule has 0 spiro atoms. The van der Waals surface area contributed by atoms with E-state index in [0.29, 0.717) is 17.0 Å². The van der Waals surface area contributed by atoms with Crippen LogP contribution in [0.5, 0.6) is 11.5 Å². The highest BCUT2D eigenvalue weighted by Crippen LogP contribution is 2.27. The Morgan fingerprint density at radius 1 is 0.897 bits per heavy atom. The molecule has 0 radical (unpaired) electrons. The number of primary amides is 1. The molecule has 0 fully saturated rings. The maximum atomic E-state index is 14.8. The Morgan fingerprint density at radius 2 is 1.67 bits per heavy atom. The molecule has 0 aliphatic heterocycles. The number of urea groups is 1. The van der Waals surface area contributed by atoms with Crippen LogP contribution in [0.25, 0.3) is 16.7 Å². The van der Waals surface area contributed by atoms with E-state index in [2.05, 4.69) is 30.7 Å². The molecule has 0 saturated heterocycles. The number of carbonyl (C=O) groups is 2. The Hall–Kier alpha value is -5.39. The highest BCUT2D eigenvalue weighted by Gasteiger charge is 2.16. The minimum Gasteiger partial charge on any atom is -0.457 e. The molecule has 196 valence electrons. The summed E-state index contributed by atoms with van der Waals surface area (Å²) >= 11 is 0. The van der Waals surface area contributed by atoms with Crippen molar-refractivity contribution >= 4 is 34.5 Å². The third-order valence-corrected chi connectivity index (χ3v) is 5.67. The molecule has 2 aromatic carbocycles. The number of fused-ring (bicyclic) bond motifs is 1. The number of anilines is 2. The van der Waals surface area contributed by atoms with Crippen LogP contribution in [0, 0.1) is 5.82 Å². The van der Waals surface area contributed by atoms with E-state index in [1.165, 1.54) is 30.5 Å². The fourth-order valence-corrected chi connectivity index (χ4v) is 3.73. The Kier molecular flexibility index (Phi) is 6.83. The van der Waals surface area contributed by atoms with Crippen molar-refractivity contribution < 1.29 is 18.7 Å². The van der Waals surface area contributed by atoms with Gasteiger partial charge in [0.2, 0.25) is 0 Å². The molecule has 3 aromatic heterocycles. The van der Waals surface area contributed by atoms with Crippen molar-refractivity contribution in [1.82, 2.24) is 24.7 Å². The lowest BCUT2D eigenvalue weighted by Gasteiger charge is -2.12. The third kappa shape index (κ3) is 5.64. The summed E-state index contributed by atoms with van der Waals surface area (Å²) in [7, 11) is 0. The molecule has 3 heterocycles. The zero-order valence-electron chi connectivity index (χ0n) is 20.9. The number of pyridine rings is 1. The van der Waals surface area contributed by atoms with E-state index in [1.807, 2.05) is 32.0 Å². The van der Waals surface area contributed by atoms with Gasteiger partial charge >= 0.3 is 6.03 Å². The molecular formula is C27H23FN8O3. The van der Waals surface area contributed by atoms with E-state index in [9.17, 15) is 14.0 Å². The molecule has 0 saturated carbocycles. The number of amides is 3. The summed E-state index contributed by atoms with van der Waals surface area (Å²) in [5.41, 5.74) is 8.01. The number of rotatable bonds is 7. The molecule has 0 unspecified atom stereocenters. The lowest BCUT2D eigenvalue weighted by atomic mass is 10.1. The Balaban J connectivity index is 1.34. The molecule has 39 heavy (non-hydrogen) atoms. The molecule has 4 N–H and O–H groups in total. The largest absolute Gasteiger partial charge is 0.457 e. The quantitative estimate of drug-likeness (QED) is 0.270. The van der Waals surface area contributed by atoms with Crippen molar-refractivity contribution in [2.75, 3.05) is 10.6 Å². The number of hydrogen-bond acceptors (Lipinski definition) is 7. The van der Waals surface area contributed by atoms with E-state index in [4.69, 9.17) is 10.5 Å². The predicted octanol–water partition coefficient (Wildman–Crippen LogP) is 5.01. The van der Waals surface area contributed by atoms with Crippen LogP contribution in [0.1, 0.15) is 35.9 Å². The first kappa shape index (κ1) is 25.3. The first-order valence-electron chi connectivity index (χ1n) is 11.9. The fraction of sp³-hybridized carbons (Fsp3) is 0.111. The number of nitrogens with zero attached hydrogens (tertiary/aromatic N) is 5. The van der Waals surface area contributed by atoms with Gasteiger partial charge in [-0.15, -0.1) is 0 Å². The second-order valence-corrected chi connectivity index (χ2v) is 8.81. The van der Waals surface area contributed by atoms with Gasteiger partial charge in [-0.25, -0.2) is 13.9 Å². The smallest absolute Gasteiger partial charge is 0.324 e. The van der Waals surface area contributed by atoms with Crippen molar-refractivity contribution in [2.45, 2.75) is 19.8 Å². The molecule has 12 heteroatoms. The zero-order chi connectivity index (χ0) is 27.5. The first-order valence-corrected chi connectivity index (χ1v) is 11.9. The molecule has 0 aliphatic carbocycles. The number of halogens is 1. The summed E-state index contributed by atoms with van der Waals surface area (Å²) in [6, 6.07) is 13.3. The van der Waals surface area contributed by atoms with Crippen LogP contribution in [-0.4, -0.2) is 36.7 Å². The Morgan fingerprint density at radius 3 is 2.41 bits per heavy atom. The number of ether oxygens (including phenoxy) is 1. The van der Waals surface area contributed by atoms with E-state index in [0.717, 1.165) is 17.3 Å². The summed E-state index contributed by atoms with van der Waals surface area (Å²) in [6.45, 7) is 3.98. The number of carbonyl (C=O) groups excluding carboxylic acids is 2. The van der Waals surface area contributed by atoms with Gasteiger partial charge in [0.25, 0.3) is 5.91 Å². The maximum Gasteiger partial charge on any atom is 0.324 e. The molecule has 0 aliphatic rings. The van der Waals surface area contributed by atoms with Crippen LogP contribution in [-0.2, 0) is 0 Å². The van der Waals surface area contributed by atoms with E-state index in [1.54, 1.807) is 23.1 Å². The van der Waals surface area contributed by atoms with Gasteiger partial charge in [0.15, 0.2) is 0 Å². The van der Waals surface area contributed by atoms with Crippen molar-refractivity contribution in [2.24, 2.45) is 5.73 Å². The molecule has 5 aromatic rings. The minimum atomic E-state index is -0.726. The van der Waals surface area contributed by atoms with Gasteiger partial charge in [-0.05, 0) is 42.3 Å². The second-order valence-electron chi connectivity index (χ2n) is 8.81. The highest BCUT2D eigenvalue weighted by molar-refractivity contribution is 5.99. The number of benzene rings is 2. The van der Waals surface area contributed by atoms with Crippen molar-refractivity contribution in [1.29, 1.82) is 0 Å². The van der Waals surface area contributed by atoms with Gasteiger partial charge in [0.05, 0.1) is 28.1 Å². The Labute approximate surface area is 221 Å². The monoisotopic (exact) mass is 526 g/mol. The zero-order valence-corrected chi connectivity index (χ0v) is 20.9. The summed E-state index contributed by atoms with van der Waals surface area (Å²) in [6.07, 6.45) is 4.56. The number of nitrogens with one attached hydrogen (secondary N) is 2. The summed E-state index contributed by atoms with van der Waals surface area (Å²) in [5.74, 6) is -0.545. The first-order chi connectivity index (χ1) is 18.8. The summed E-state index contributed by atoms with van der Waals surface area (Å²) < 4.78 is 22.0. The molecule has 5 rings (SSSR count). The van der Waals surface area contributed by atoms with Gasteiger partial charge in [-0.1, -0.05) is 13.8 Å². The van der Waals surface area contributed by atoms with Crippen LogP contribution in [0.2, 0.25) is 0 Å². The van der Waals surface area contributed by atoms with Gasteiger partial charge in [0, 0.05) is 36.8 Å². The maximum absolute atomic E-state index is 14.8. The SMILES string of the molecule is CC(C)c1cc(NC(=O)Nc2ccc(Oc3ccnc(C(N)=O)c3)cc2F)n(-c2ccc3nccnc3c2)n1. The van der Waals surface area contributed by atoms with Crippen LogP contribution in [0.3, 0.4) is 0 Å². The Bertz CT molecular complexity index is 1700. The normalized spacial score (nSPS) is 11.0. The average Bonchev–Trinajstić information content (AvgIpc) is 3.34. The summed E-state index contributed by atoms with van der Waals surface area (Å²) in [5, 5.41) is 9.89. The number of hydrogen-bond donors (Lipinski definition) is 3. The van der Waals surface area contributed by atoms with E-state index in [-0.39, 0.29) is 28.8 Å². The van der Waals surface area contributed by atoms with Crippen molar-refractivity contribution in [3.8, 4) is 17.2 Å². The number of aromatic nitrogens is 5. The van der Waals surface area contributed by atoms with Gasteiger partial charge in [-0.3, -0.25) is 25.1 Å². The minimum absolute atomic E-state index is 0.0133. The molecule has 0 bridgehead atoms. The lowest BCUT2D eigenvalue weighted by Crippen LogP contribution is -2.22. The van der Waals surface area contributed by atoms with Gasteiger partial charge in [-0.2, -0.15) is 5.10 Å². The topological polar surface area (TPSA) is 150 Å². The van der Waals surface area contributed by atoms with Gasteiger partial charge in [0.1, 0.15) is 28.8 Å². The highest BCUT2D eigenvalue weighted by atomic mass is 19.1. The molecular weight excluding hydrogens is 503 g/mol. The predicted molar refractivity (Wildman–Crippen MR) is 143 cm³/mol. The standard InChI is InChI=1S/C27H23FN8O3/c1-15(2)22-14-25(36(35-22)16-3-5-21-23(11-16)32-10-9-31-21)34-27(38)33-20-6-4-17(12-19(20)28)39-18-7-8-30-24(13-18)26(29)37/h3-15H,1-2H3,(H2,29,37)(H2,33,34,38). The summed E-state index contributed by atoms with van der Waals surface area (Å²) in [4.78, 5) is 36.6. The van der Waals surface area contributed by atoms with Crippen LogP contribution in [0.4, 0.5) is 20.7 Å². The average molecular weight is 527 g/mol. The lowest BCUT2D eigenvalue weighted by molar-refractivity contribution is 0.0995. The molecule has 11 nitrogen and oxygen atoms in total.